The van der Waals surface area contributed by atoms with E-state index in [-0.39, 0.29) is 0 Å². The number of aromatic nitrogens is 1. The smallest absolute Gasteiger partial charge is 0.331 e. The number of nitrogens with one attached hydrogen (secondary N) is 1. The molecule has 0 fully saturated rings. The highest BCUT2D eigenvalue weighted by atomic mass is 32.1. The van der Waals surface area contributed by atoms with Crippen molar-refractivity contribution in [3.8, 4) is 11.5 Å². The largest absolute Gasteiger partial charge is 0.497 e. The van der Waals surface area contributed by atoms with E-state index in [1.807, 2.05) is 12.3 Å². The molecule has 0 spiro atoms. The molecular weight excluding hydrogens is 356 g/mol. The van der Waals surface area contributed by atoms with Crippen LogP contribution < -0.4 is 14.8 Å². The van der Waals surface area contributed by atoms with E-state index in [2.05, 4.69) is 10.3 Å². The summed E-state index contributed by atoms with van der Waals surface area (Å²) in [6.07, 6.45) is 1.80. The minimum absolute atomic E-state index is 0.424. The van der Waals surface area contributed by atoms with Gasteiger partial charge >= 0.3 is 5.97 Å². The molecule has 0 aliphatic heterocycles. The predicted octanol–water partition coefficient (Wildman–Crippen LogP) is 3.05. The van der Waals surface area contributed by atoms with Crippen LogP contribution in [0.1, 0.15) is 17.6 Å². The van der Waals surface area contributed by atoms with E-state index >= 15 is 0 Å². The molecule has 7 nitrogen and oxygen atoms in total. The van der Waals surface area contributed by atoms with Crippen molar-refractivity contribution < 1.29 is 23.8 Å². The monoisotopic (exact) mass is 376 g/mol. The molecule has 0 saturated heterocycles. The minimum atomic E-state index is -0.986. The molecule has 1 aromatic heterocycles. The number of thiazole rings is 1. The van der Waals surface area contributed by atoms with Crippen LogP contribution in [0.15, 0.2) is 29.7 Å². The van der Waals surface area contributed by atoms with Crippen molar-refractivity contribution in [1.29, 1.82) is 0 Å². The van der Waals surface area contributed by atoms with Crippen LogP contribution in [0.4, 0.5) is 5.69 Å². The number of rotatable bonds is 7. The lowest BCUT2D eigenvalue weighted by atomic mass is 10.2. The standard InChI is InChI=1S/C18H20N2O5S/c1-11(25-17(21)8-5-13-10-26-12(2)19-13)18(22)20-15-9-14(23-3)6-7-16(15)24-4/h5-11H,1-4H3,(H,20,22)/b8-5+. The van der Waals surface area contributed by atoms with E-state index < -0.39 is 18.0 Å². The number of carbonyl (C=O) groups is 2. The molecular formula is C18H20N2O5S. The molecule has 0 bridgehead atoms. The summed E-state index contributed by atoms with van der Waals surface area (Å²) in [5.41, 5.74) is 1.09. The van der Waals surface area contributed by atoms with Crippen molar-refractivity contribution in [3.63, 3.8) is 0 Å². The highest BCUT2D eigenvalue weighted by Crippen LogP contribution is 2.29. The Bertz CT molecular complexity index is 816. The molecule has 0 radical (unpaired) electrons. The molecule has 1 amide bonds. The third kappa shape index (κ3) is 5.32. The van der Waals surface area contributed by atoms with Crippen LogP contribution in [-0.4, -0.2) is 37.2 Å². The van der Waals surface area contributed by atoms with Gasteiger partial charge in [0, 0.05) is 17.5 Å². The lowest BCUT2D eigenvalue weighted by Gasteiger charge is -2.15. The minimum Gasteiger partial charge on any atom is -0.497 e. The Labute approximate surface area is 155 Å². The number of nitrogens with zero attached hydrogens (tertiary/aromatic N) is 1. The number of anilines is 1. The summed E-state index contributed by atoms with van der Waals surface area (Å²) in [6.45, 7) is 3.36. The number of methoxy groups -OCH3 is 2. The summed E-state index contributed by atoms with van der Waals surface area (Å²) in [6, 6.07) is 5.00. The second-order valence-corrected chi connectivity index (χ2v) is 6.32. The van der Waals surface area contributed by atoms with E-state index in [1.54, 1.807) is 24.3 Å². The molecule has 8 heteroatoms. The van der Waals surface area contributed by atoms with Crippen LogP contribution in [0.25, 0.3) is 6.08 Å². The van der Waals surface area contributed by atoms with Crippen molar-refractivity contribution >= 4 is 35.0 Å². The Hall–Kier alpha value is -2.87. The first-order valence-corrected chi connectivity index (χ1v) is 8.64. The lowest BCUT2D eigenvalue weighted by molar-refractivity contribution is -0.148. The van der Waals surface area contributed by atoms with Gasteiger partial charge in [0.15, 0.2) is 6.10 Å². The third-order valence-corrected chi connectivity index (χ3v) is 4.15. The average Bonchev–Trinajstić information content (AvgIpc) is 3.05. The van der Waals surface area contributed by atoms with Gasteiger partial charge in [-0.05, 0) is 32.1 Å². The van der Waals surface area contributed by atoms with E-state index in [9.17, 15) is 9.59 Å². The first-order valence-electron chi connectivity index (χ1n) is 7.76. The Morgan fingerprint density at radius 2 is 2.04 bits per heavy atom. The summed E-state index contributed by atoms with van der Waals surface area (Å²) in [5, 5.41) is 5.39. The second kappa shape index (κ2) is 9.00. The Kier molecular flexibility index (Phi) is 6.74. The van der Waals surface area contributed by atoms with Gasteiger partial charge in [-0.1, -0.05) is 0 Å². The van der Waals surface area contributed by atoms with E-state index in [0.29, 0.717) is 22.9 Å². The number of ether oxygens (including phenoxy) is 3. The van der Waals surface area contributed by atoms with Gasteiger partial charge in [-0.15, -0.1) is 11.3 Å². The van der Waals surface area contributed by atoms with Crippen LogP contribution in [-0.2, 0) is 14.3 Å². The van der Waals surface area contributed by atoms with E-state index in [4.69, 9.17) is 14.2 Å². The highest BCUT2D eigenvalue weighted by Gasteiger charge is 2.18. The van der Waals surface area contributed by atoms with Gasteiger partial charge in [-0.3, -0.25) is 4.79 Å². The maximum Gasteiger partial charge on any atom is 0.331 e. The number of esters is 1. The van der Waals surface area contributed by atoms with Crippen LogP contribution in [0.5, 0.6) is 11.5 Å². The van der Waals surface area contributed by atoms with Gasteiger partial charge in [0.25, 0.3) is 5.91 Å². The summed E-state index contributed by atoms with van der Waals surface area (Å²) in [5.74, 6) is -0.0811. The number of hydrogen-bond donors (Lipinski definition) is 1. The van der Waals surface area contributed by atoms with Gasteiger partial charge in [-0.25, -0.2) is 9.78 Å². The van der Waals surface area contributed by atoms with Gasteiger partial charge in [0.2, 0.25) is 0 Å². The van der Waals surface area contributed by atoms with Crippen LogP contribution >= 0.6 is 11.3 Å². The molecule has 0 aliphatic rings. The third-order valence-electron chi connectivity index (χ3n) is 3.35. The zero-order valence-electron chi connectivity index (χ0n) is 14.9. The second-order valence-electron chi connectivity index (χ2n) is 5.26. The number of benzene rings is 1. The first kappa shape index (κ1) is 19.5. The number of hydrogen-bond acceptors (Lipinski definition) is 7. The molecule has 2 rings (SSSR count). The SMILES string of the molecule is COc1ccc(OC)c(NC(=O)C(C)OC(=O)/C=C/c2csc(C)n2)c1. The summed E-state index contributed by atoms with van der Waals surface area (Å²) in [7, 11) is 3.01. The fourth-order valence-electron chi connectivity index (χ4n) is 2.02. The Morgan fingerprint density at radius 3 is 2.65 bits per heavy atom. The molecule has 1 atom stereocenters. The fourth-order valence-corrected chi connectivity index (χ4v) is 2.60. The highest BCUT2D eigenvalue weighted by molar-refractivity contribution is 7.09. The quantitative estimate of drug-likeness (QED) is 0.590. The normalized spacial score (nSPS) is 11.8. The molecule has 0 saturated carbocycles. The van der Waals surface area contributed by atoms with Crippen molar-refractivity contribution in [2.45, 2.75) is 20.0 Å². The molecule has 1 N–H and O–H groups in total. The van der Waals surface area contributed by atoms with Gasteiger partial charge in [-0.2, -0.15) is 0 Å². The maximum absolute atomic E-state index is 12.3. The average molecular weight is 376 g/mol. The molecule has 1 aromatic carbocycles. The van der Waals surface area contributed by atoms with E-state index in [0.717, 1.165) is 5.01 Å². The molecule has 0 aliphatic carbocycles. The summed E-state index contributed by atoms with van der Waals surface area (Å²) < 4.78 is 15.4. The zero-order valence-corrected chi connectivity index (χ0v) is 15.8. The fraction of sp³-hybridized carbons (Fsp3) is 0.278. The Balaban J connectivity index is 1.97. The molecule has 138 valence electrons. The van der Waals surface area contributed by atoms with Crippen molar-refractivity contribution in [2.24, 2.45) is 0 Å². The van der Waals surface area contributed by atoms with E-state index in [1.165, 1.54) is 38.6 Å². The molecule has 1 heterocycles. The van der Waals surface area contributed by atoms with Crippen molar-refractivity contribution in [3.05, 3.63) is 40.4 Å². The molecule has 26 heavy (non-hydrogen) atoms. The summed E-state index contributed by atoms with van der Waals surface area (Å²) in [4.78, 5) is 28.3. The molecule has 2 aromatic rings. The predicted molar refractivity (Wildman–Crippen MR) is 99.6 cm³/mol. The number of amides is 1. The van der Waals surface area contributed by atoms with Gasteiger partial charge in [0.1, 0.15) is 11.5 Å². The van der Waals surface area contributed by atoms with Crippen molar-refractivity contribution in [1.82, 2.24) is 4.98 Å². The van der Waals surface area contributed by atoms with Crippen LogP contribution in [0.2, 0.25) is 0 Å². The zero-order chi connectivity index (χ0) is 19.1. The maximum atomic E-state index is 12.3. The van der Waals surface area contributed by atoms with Gasteiger partial charge in [0.05, 0.1) is 30.6 Å². The Morgan fingerprint density at radius 1 is 1.27 bits per heavy atom. The van der Waals surface area contributed by atoms with Crippen LogP contribution in [0, 0.1) is 6.92 Å². The first-order chi connectivity index (χ1) is 12.4. The summed E-state index contributed by atoms with van der Waals surface area (Å²) >= 11 is 1.48. The number of carbonyl (C=O) groups excluding carboxylic acids is 2. The topological polar surface area (TPSA) is 86.8 Å². The van der Waals surface area contributed by atoms with Crippen LogP contribution in [0.3, 0.4) is 0 Å². The number of aryl methyl sites for hydroxylation is 1. The lowest BCUT2D eigenvalue weighted by Crippen LogP contribution is -2.29. The van der Waals surface area contributed by atoms with Gasteiger partial charge < -0.3 is 19.5 Å². The molecule has 1 unspecified atom stereocenters. The van der Waals surface area contributed by atoms with Crippen molar-refractivity contribution in [2.75, 3.05) is 19.5 Å².